The number of rotatable bonds is 9. The standard InChI is InChI=1S/C15H23NO5S/c1-20-10-8-16(9-11-21-2)15(17)14-6-4-13(5-7-14)12-22(3,18)19/h4-7H,8-12H2,1-3H3. The molecule has 124 valence electrons. The van der Waals surface area contributed by atoms with Crippen molar-refractivity contribution in [2.45, 2.75) is 5.75 Å². The van der Waals surface area contributed by atoms with Gasteiger partial charge in [0.05, 0.1) is 19.0 Å². The van der Waals surface area contributed by atoms with Crippen LogP contribution in [0.3, 0.4) is 0 Å². The third kappa shape index (κ3) is 6.55. The van der Waals surface area contributed by atoms with Crippen molar-refractivity contribution < 1.29 is 22.7 Å². The lowest BCUT2D eigenvalue weighted by Crippen LogP contribution is -2.36. The first kappa shape index (κ1) is 18.6. The third-order valence-corrected chi connectivity index (χ3v) is 3.91. The number of sulfone groups is 1. The quantitative estimate of drug-likeness (QED) is 0.675. The Hall–Kier alpha value is -1.44. The van der Waals surface area contributed by atoms with E-state index in [4.69, 9.17) is 9.47 Å². The summed E-state index contributed by atoms with van der Waals surface area (Å²) in [6.07, 6.45) is 1.18. The molecule has 0 aliphatic carbocycles. The van der Waals surface area contributed by atoms with Gasteiger partial charge in [-0.1, -0.05) is 12.1 Å². The van der Waals surface area contributed by atoms with Crippen LogP contribution in [0.15, 0.2) is 24.3 Å². The van der Waals surface area contributed by atoms with Gasteiger partial charge in [-0.25, -0.2) is 8.42 Å². The Morgan fingerprint density at radius 3 is 1.95 bits per heavy atom. The average Bonchev–Trinajstić information content (AvgIpc) is 2.46. The molecule has 22 heavy (non-hydrogen) atoms. The van der Waals surface area contributed by atoms with Crippen molar-refractivity contribution >= 4 is 15.7 Å². The number of benzene rings is 1. The molecule has 0 radical (unpaired) electrons. The predicted molar refractivity (Wildman–Crippen MR) is 84.6 cm³/mol. The van der Waals surface area contributed by atoms with Gasteiger partial charge in [-0.05, 0) is 17.7 Å². The highest BCUT2D eigenvalue weighted by molar-refractivity contribution is 7.89. The zero-order valence-electron chi connectivity index (χ0n) is 13.2. The molecule has 0 saturated heterocycles. The molecular formula is C15H23NO5S. The molecule has 1 aromatic rings. The second kappa shape index (κ2) is 8.87. The van der Waals surface area contributed by atoms with Crippen molar-refractivity contribution in [3.8, 4) is 0 Å². The molecule has 0 aliphatic rings. The highest BCUT2D eigenvalue weighted by atomic mass is 32.2. The lowest BCUT2D eigenvalue weighted by Gasteiger charge is -2.22. The zero-order chi connectivity index (χ0) is 16.6. The molecule has 0 fully saturated rings. The number of carbonyl (C=O) groups is 1. The maximum Gasteiger partial charge on any atom is 0.254 e. The highest BCUT2D eigenvalue weighted by Gasteiger charge is 2.15. The second-order valence-electron chi connectivity index (χ2n) is 5.04. The molecule has 1 aromatic carbocycles. The minimum atomic E-state index is -3.08. The summed E-state index contributed by atoms with van der Waals surface area (Å²) in [6.45, 7) is 1.84. The van der Waals surface area contributed by atoms with E-state index in [0.29, 0.717) is 37.4 Å². The maximum absolute atomic E-state index is 12.4. The van der Waals surface area contributed by atoms with E-state index >= 15 is 0 Å². The summed E-state index contributed by atoms with van der Waals surface area (Å²) in [5, 5.41) is 0. The molecular weight excluding hydrogens is 306 g/mol. The molecule has 0 aromatic heterocycles. The normalized spacial score (nSPS) is 11.4. The molecule has 7 heteroatoms. The molecule has 0 bridgehead atoms. The summed E-state index contributed by atoms with van der Waals surface area (Å²) in [7, 11) is 0.0856. The van der Waals surface area contributed by atoms with Crippen LogP contribution >= 0.6 is 0 Å². The number of carbonyl (C=O) groups excluding carboxylic acids is 1. The Morgan fingerprint density at radius 1 is 1.05 bits per heavy atom. The topological polar surface area (TPSA) is 72.9 Å². The van der Waals surface area contributed by atoms with E-state index in [2.05, 4.69) is 0 Å². The predicted octanol–water partition coefficient (Wildman–Crippen LogP) is 0.966. The molecule has 6 nitrogen and oxygen atoms in total. The Labute approximate surface area is 131 Å². The number of hydrogen-bond donors (Lipinski definition) is 0. The van der Waals surface area contributed by atoms with Crippen LogP contribution in [0.5, 0.6) is 0 Å². The van der Waals surface area contributed by atoms with Gasteiger partial charge in [0.15, 0.2) is 9.84 Å². The van der Waals surface area contributed by atoms with E-state index in [1.165, 1.54) is 6.26 Å². The van der Waals surface area contributed by atoms with E-state index in [0.717, 1.165) is 0 Å². The van der Waals surface area contributed by atoms with Gasteiger partial charge in [0, 0.05) is 39.1 Å². The molecule has 0 saturated carbocycles. The minimum Gasteiger partial charge on any atom is -0.383 e. The van der Waals surface area contributed by atoms with Gasteiger partial charge in [-0.2, -0.15) is 0 Å². The van der Waals surface area contributed by atoms with E-state index in [1.807, 2.05) is 0 Å². The zero-order valence-corrected chi connectivity index (χ0v) is 14.1. The van der Waals surface area contributed by atoms with Crippen molar-refractivity contribution in [2.75, 3.05) is 46.8 Å². The fourth-order valence-corrected chi connectivity index (χ4v) is 2.74. The van der Waals surface area contributed by atoms with Gasteiger partial charge in [0.1, 0.15) is 0 Å². The van der Waals surface area contributed by atoms with Crippen LogP contribution in [0.4, 0.5) is 0 Å². The van der Waals surface area contributed by atoms with Crippen molar-refractivity contribution in [3.63, 3.8) is 0 Å². The molecule has 0 atom stereocenters. The Kier molecular flexibility index (Phi) is 7.50. The Balaban J connectivity index is 2.80. The van der Waals surface area contributed by atoms with Gasteiger partial charge in [-0.15, -0.1) is 0 Å². The van der Waals surface area contributed by atoms with Gasteiger partial charge in [-0.3, -0.25) is 4.79 Å². The van der Waals surface area contributed by atoms with E-state index in [-0.39, 0.29) is 11.7 Å². The number of nitrogens with zero attached hydrogens (tertiary/aromatic N) is 1. The Morgan fingerprint density at radius 2 is 1.55 bits per heavy atom. The molecule has 0 spiro atoms. The summed E-state index contributed by atoms with van der Waals surface area (Å²) in [5.41, 5.74) is 1.18. The van der Waals surface area contributed by atoms with Crippen LogP contribution in [0, 0.1) is 0 Å². The lowest BCUT2D eigenvalue weighted by atomic mass is 10.1. The third-order valence-electron chi connectivity index (χ3n) is 3.05. The first-order valence-electron chi connectivity index (χ1n) is 6.91. The van der Waals surface area contributed by atoms with Gasteiger partial charge in [0.2, 0.25) is 0 Å². The molecule has 0 unspecified atom stereocenters. The molecule has 0 N–H and O–H groups in total. The largest absolute Gasteiger partial charge is 0.383 e. The van der Waals surface area contributed by atoms with Crippen LogP contribution in [-0.2, 0) is 25.1 Å². The smallest absolute Gasteiger partial charge is 0.254 e. The number of methoxy groups -OCH3 is 2. The van der Waals surface area contributed by atoms with Crippen molar-refractivity contribution in [3.05, 3.63) is 35.4 Å². The fourth-order valence-electron chi connectivity index (χ4n) is 1.95. The maximum atomic E-state index is 12.4. The average molecular weight is 329 g/mol. The summed E-state index contributed by atoms with van der Waals surface area (Å²) in [5.74, 6) is -0.154. The van der Waals surface area contributed by atoms with Gasteiger partial charge in [0.25, 0.3) is 5.91 Å². The highest BCUT2D eigenvalue weighted by Crippen LogP contribution is 2.10. The first-order valence-corrected chi connectivity index (χ1v) is 8.97. The minimum absolute atomic E-state index is 0.0292. The monoisotopic (exact) mass is 329 g/mol. The first-order chi connectivity index (χ1) is 10.4. The van der Waals surface area contributed by atoms with Crippen LogP contribution < -0.4 is 0 Å². The lowest BCUT2D eigenvalue weighted by molar-refractivity contribution is 0.0627. The van der Waals surface area contributed by atoms with Crippen LogP contribution in [0.25, 0.3) is 0 Å². The van der Waals surface area contributed by atoms with E-state index < -0.39 is 9.84 Å². The molecule has 0 heterocycles. The summed E-state index contributed by atoms with van der Waals surface area (Å²) in [4.78, 5) is 14.1. The fraction of sp³-hybridized carbons (Fsp3) is 0.533. The summed E-state index contributed by atoms with van der Waals surface area (Å²) < 4.78 is 32.5. The molecule has 0 aliphatic heterocycles. The second-order valence-corrected chi connectivity index (χ2v) is 7.18. The number of amides is 1. The van der Waals surface area contributed by atoms with Gasteiger partial charge >= 0.3 is 0 Å². The van der Waals surface area contributed by atoms with Crippen LogP contribution in [-0.4, -0.2) is 66.0 Å². The summed E-state index contributed by atoms with van der Waals surface area (Å²) in [6, 6.07) is 6.63. The number of ether oxygens (including phenoxy) is 2. The Bertz CT molecular complexity index is 560. The van der Waals surface area contributed by atoms with E-state index in [1.54, 1.807) is 43.4 Å². The van der Waals surface area contributed by atoms with Crippen molar-refractivity contribution in [1.29, 1.82) is 0 Å². The molecule has 1 rings (SSSR count). The molecule has 1 amide bonds. The van der Waals surface area contributed by atoms with Gasteiger partial charge < -0.3 is 14.4 Å². The van der Waals surface area contributed by atoms with Crippen molar-refractivity contribution in [2.24, 2.45) is 0 Å². The summed E-state index contributed by atoms with van der Waals surface area (Å²) >= 11 is 0. The van der Waals surface area contributed by atoms with Crippen LogP contribution in [0.1, 0.15) is 15.9 Å². The van der Waals surface area contributed by atoms with Crippen LogP contribution in [0.2, 0.25) is 0 Å². The van der Waals surface area contributed by atoms with Crippen molar-refractivity contribution in [1.82, 2.24) is 4.90 Å². The number of hydrogen-bond acceptors (Lipinski definition) is 5. The van der Waals surface area contributed by atoms with E-state index in [9.17, 15) is 13.2 Å². The SMILES string of the molecule is COCCN(CCOC)C(=O)c1ccc(CS(C)(=O)=O)cc1.